The van der Waals surface area contributed by atoms with Gasteiger partial charge in [-0.1, -0.05) is 32.0 Å². The topological polar surface area (TPSA) is 62.7 Å². The molecule has 2 atom stereocenters. The first-order chi connectivity index (χ1) is 14.0. The predicted octanol–water partition coefficient (Wildman–Crippen LogP) is 4.01. The van der Waals surface area contributed by atoms with Crippen LogP contribution in [0.25, 0.3) is 10.9 Å². The number of likely N-dealkylation sites (tertiary alicyclic amines) is 1. The van der Waals surface area contributed by atoms with Crippen LogP contribution in [0.3, 0.4) is 0 Å². The highest BCUT2D eigenvalue weighted by atomic mass is 16.5. The first-order valence-corrected chi connectivity index (χ1v) is 10.1. The van der Waals surface area contributed by atoms with Crippen molar-refractivity contribution in [3.63, 3.8) is 0 Å². The summed E-state index contributed by atoms with van der Waals surface area (Å²) in [5, 5.41) is 11.6. The number of piperidine rings is 1. The van der Waals surface area contributed by atoms with Gasteiger partial charge in [0.1, 0.15) is 18.0 Å². The molecule has 1 saturated heterocycles. The van der Waals surface area contributed by atoms with Gasteiger partial charge in [-0.2, -0.15) is 0 Å². The van der Waals surface area contributed by atoms with Crippen molar-refractivity contribution in [2.24, 2.45) is 0 Å². The summed E-state index contributed by atoms with van der Waals surface area (Å²) in [6.07, 6.45) is 1.29. The first kappa shape index (κ1) is 19.4. The molecule has 29 heavy (non-hydrogen) atoms. The van der Waals surface area contributed by atoms with Crippen LogP contribution >= 0.6 is 0 Å². The molecule has 1 N–H and O–H groups in total. The van der Waals surface area contributed by atoms with Crippen LogP contribution in [0.2, 0.25) is 0 Å². The number of carbonyl (C=O) groups is 1. The van der Waals surface area contributed by atoms with Gasteiger partial charge in [-0.15, -0.1) is 0 Å². The van der Waals surface area contributed by atoms with Crippen LogP contribution in [0.4, 0.5) is 0 Å². The molecule has 2 heterocycles. The summed E-state index contributed by atoms with van der Waals surface area (Å²) in [6.45, 7) is 5.09. The van der Waals surface area contributed by atoms with Crippen LogP contribution in [-0.4, -0.2) is 46.2 Å². The number of carbonyl (C=O) groups excluding carboxylic acids is 1. The quantitative estimate of drug-likeness (QED) is 0.731. The smallest absolute Gasteiger partial charge is 0.253 e. The Bertz CT molecular complexity index is 1020. The number of hydrogen-bond donors (Lipinski definition) is 1. The third-order valence-corrected chi connectivity index (χ3v) is 5.47. The molecule has 5 nitrogen and oxygen atoms in total. The number of hydrogen-bond acceptors (Lipinski definition) is 4. The minimum atomic E-state index is -0.725. The zero-order valence-corrected chi connectivity index (χ0v) is 16.8. The molecule has 2 aromatic carbocycles. The van der Waals surface area contributed by atoms with E-state index in [1.54, 1.807) is 17.2 Å². The van der Waals surface area contributed by atoms with E-state index in [0.717, 1.165) is 16.7 Å². The lowest BCUT2D eigenvalue weighted by Gasteiger charge is -2.36. The second kappa shape index (κ2) is 8.21. The first-order valence-electron chi connectivity index (χ1n) is 10.1. The summed E-state index contributed by atoms with van der Waals surface area (Å²) in [7, 11) is 0. The Morgan fingerprint density at radius 2 is 2.03 bits per heavy atom. The lowest BCUT2D eigenvalue weighted by molar-refractivity contribution is -0.0199. The van der Waals surface area contributed by atoms with Crippen LogP contribution in [0.5, 0.6) is 5.75 Å². The molecule has 150 valence electrons. The second-order valence-electron chi connectivity index (χ2n) is 7.90. The summed E-state index contributed by atoms with van der Waals surface area (Å²) in [5.74, 6) is 1.11. The molecule has 0 aliphatic carbocycles. The Hall–Kier alpha value is -2.92. The van der Waals surface area contributed by atoms with Gasteiger partial charge in [0.25, 0.3) is 5.91 Å². The third kappa shape index (κ3) is 4.25. The molecule has 0 radical (unpaired) electrons. The highest BCUT2D eigenvalue weighted by molar-refractivity contribution is 5.98. The Labute approximate surface area is 170 Å². The van der Waals surface area contributed by atoms with Gasteiger partial charge in [0.05, 0.1) is 12.1 Å². The number of β-amino-alcohol motifs (C(OH)–C–C–N with tert-alkyl or cyclic N) is 1. The molecule has 4 rings (SSSR count). The van der Waals surface area contributed by atoms with Crippen LogP contribution in [0.1, 0.15) is 42.1 Å². The lowest BCUT2D eigenvalue weighted by atomic mass is 10.0. The number of nitrogens with zero attached hydrogens (tertiary/aromatic N) is 2. The van der Waals surface area contributed by atoms with E-state index in [4.69, 9.17) is 4.74 Å². The molecule has 1 aliphatic heterocycles. The summed E-state index contributed by atoms with van der Waals surface area (Å²) in [4.78, 5) is 18.9. The van der Waals surface area contributed by atoms with E-state index < -0.39 is 6.10 Å². The number of benzene rings is 2. The Morgan fingerprint density at radius 3 is 2.83 bits per heavy atom. The van der Waals surface area contributed by atoms with Crippen LogP contribution < -0.4 is 4.74 Å². The molecule has 1 fully saturated rings. The minimum Gasteiger partial charge on any atom is -0.488 e. The van der Waals surface area contributed by atoms with Crippen molar-refractivity contribution < 1.29 is 14.6 Å². The largest absolute Gasteiger partial charge is 0.488 e. The van der Waals surface area contributed by atoms with Crippen LogP contribution in [0, 0.1) is 0 Å². The van der Waals surface area contributed by atoms with Crippen molar-refractivity contribution in [3.05, 3.63) is 71.9 Å². The molecular weight excluding hydrogens is 364 g/mol. The lowest BCUT2D eigenvalue weighted by Crippen LogP contribution is -2.51. The molecular formula is C24H26N2O3. The zero-order valence-electron chi connectivity index (χ0n) is 16.8. The van der Waals surface area contributed by atoms with Crippen molar-refractivity contribution in [2.45, 2.75) is 38.4 Å². The normalized spacial score (nSPS) is 19.5. The fourth-order valence-electron chi connectivity index (χ4n) is 3.75. The number of ether oxygens (including phenoxy) is 1. The minimum absolute atomic E-state index is 0.0740. The van der Waals surface area contributed by atoms with Crippen LogP contribution in [0.15, 0.2) is 60.8 Å². The van der Waals surface area contributed by atoms with E-state index in [-0.39, 0.29) is 18.6 Å². The SMILES string of the molecule is CC(C)c1cccc(O[C@@H]2CCN(C(=O)c3ccc4ncccc4c3)C[C@H]2O)c1. The van der Waals surface area contributed by atoms with Crippen molar-refractivity contribution in [2.75, 3.05) is 13.1 Å². The number of amides is 1. The van der Waals surface area contributed by atoms with Gasteiger partial charge in [0.2, 0.25) is 0 Å². The summed E-state index contributed by atoms with van der Waals surface area (Å²) in [6, 6.07) is 17.3. The fourth-order valence-corrected chi connectivity index (χ4v) is 3.75. The van der Waals surface area contributed by atoms with Gasteiger partial charge in [-0.05, 0) is 47.9 Å². The number of pyridine rings is 1. The van der Waals surface area contributed by atoms with E-state index in [1.807, 2.05) is 42.5 Å². The maximum Gasteiger partial charge on any atom is 0.253 e. The highest BCUT2D eigenvalue weighted by Crippen LogP contribution is 2.25. The number of aliphatic hydroxyl groups excluding tert-OH is 1. The number of fused-ring (bicyclic) bond motifs is 1. The molecule has 0 spiro atoms. The molecule has 3 aromatic rings. The number of aliphatic hydroxyl groups is 1. The average Bonchev–Trinajstić information content (AvgIpc) is 2.74. The maximum atomic E-state index is 12.9. The molecule has 0 saturated carbocycles. The Balaban J connectivity index is 1.42. The highest BCUT2D eigenvalue weighted by Gasteiger charge is 2.32. The van der Waals surface area contributed by atoms with E-state index in [0.29, 0.717) is 24.4 Å². The molecule has 0 bridgehead atoms. The van der Waals surface area contributed by atoms with Gasteiger partial charge in [-0.25, -0.2) is 0 Å². The summed E-state index contributed by atoms with van der Waals surface area (Å²) in [5.41, 5.74) is 2.68. The number of rotatable bonds is 4. The summed E-state index contributed by atoms with van der Waals surface area (Å²) >= 11 is 0. The van der Waals surface area contributed by atoms with Crippen molar-refractivity contribution in [3.8, 4) is 5.75 Å². The zero-order chi connectivity index (χ0) is 20.4. The second-order valence-corrected chi connectivity index (χ2v) is 7.90. The predicted molar refractivity (Wildman–Crippen MR) is 113 cm³/mol. The molecule has 1 aliphatic rings. The maximum absolute atomic E-state index is 12.9. The van der Waals surface area contributed by atoms with Gasteiger partial charge in [0.15, 0.2) is 0 Å². The van der Waals surface area contributed by atoms with E-state index in [2.05, 4.69) is 24.9 Å². The summed E-state index contributed by atoms with van der Waals surface area (Å²) < 4.78 is 6.05. The van der Waals surface area contributed by atoms with Gasteiger partial charge in [-0.3, -0.25) is 9.78 Å². The fraction of sp³-hybridized carbons (Fsp3) is 0.333. The Kier molecular flexibility index (Phi) is 5.49. The number of aromatic nitrogens is 1. The van der Waals surface area contributed by atoms with Crippen molar-refractivity contribution in [1.29, 1.82) is 0 Å². The standard InChI is InChI=1S/C24H26N2O3/c1-16(2)17-5-3-7-20(14-17)29-23-10-12-26(15-22(23)27)24(28)19-8-9-21-18(13-19)6-4-11-25-21/h3-9,11,13-14,16,22-23,27H,10,12,15H2,1-2H3/t22-,23-/m1/s1. The van der Waals surface area contributed by atoms with Gasteiger partial charge in [0, 0.05) is 30.1 Å². The third-order valence-electron chi connectivity index (χ3n) is 5.47. The van der Waals surface area contributed by atoms with Crippen molar-refractivity contribution >= 4 is 16.8 Å². The average molecular weight is 390 g/mol. The molecule has 0 unspecified atom stereocenters. The van der Waals surface area contributed by atoms with E-state index >= 15 is 0 Å². The van der Waals surface area contributed by atoms with Gasteiger partial charge < -0.3 is 14.7 Å². The van der Waals surface area contributed by atoms with Crippen molar-refractivity contribution in [1.82, 2.24) is 9.88 Å². The van der Waals surface area contributed by atoms with E-state index in [1.165, 1.54) is 5.56 Å². The van der Waals surface area contributed by atoms with Gasteiger partial charge >= 0.3 is 0 Å². The molecule has 1 aromatic heterocycles. The molecule has 5 heteroatoms. The van der Waals surface area contributed by atoms with Crippen LogP contribution in [-0.2, 0) is 0 Å². The Morgan fingerprint density at radius 1 is 1.17 bits per heavy atom. The monoisotopic (exact) mass is 390 g/mol. The van der Waals surface area contributed by atoms with E-state index in [9.17, 15) is 9.90 Å². The molecule has 1 amide bonds.